The van der Waals surface area contributed by atoms with Crippen LogP contribution < -0.4 is 10.2 Å². The minimum absolute atomic E-state index is 0.0381. The Morgan fingerprint density at radius 3 is 2.60 bits per heavy atom. The third kappa shape index (κ3) is 5.01. The van der Waals surface area contributed by atoms with Crippen LogP contribution in [0.4, 0.5) is 0 Å². The van der Waals surface area contributed by atoms with E-state index in [2.05, 4.69) is 20.8 Å². The van der Waals surface area contributed by atoms with Crippen LogP contribution in [0.25, 0.3) is 0 Å². The highest BCUT2D eigenvalue weighted by atomic mass is 79.9. The lowest BCUT2D eigenvalue weighted by Crippen LogP contribution is -2.35. The molecule has 0 amide bonds. The summed E-state index contributed by atoms with van der Waals surface area (Å²) >= 11 is 3.32. The van der Waals surface area contributed by atoms with Crippen LogP contribution in [0.2, 0.25) is 0 Å². The molecule has 2 heterocycles. The first kappa shape index (κ1) is 17.8. The van der Waals surface area contributed by atoms with Gasteiger partial charge in [0, 0.05) is 29.2 Å². The number of Topliss-reactive ketones (excluding diaryl/α,β-unsaturated/α-hetero) is 1. The second kappa shape index (κ2) is 8.42. The standard InChI is InChI=1S/C18H18BrNO5/c19-14-3-1-13(2-4-14)17(22)11-25-18-12-24-15(9-16(18)21)10-20-5-7-23-8-6-20/h1-4,9,12H,5-8,10-11H2. The van der Waals surface area contributed by atoms with E-state index in [1.54, 1.807) is 24.3 Å². The maximum atomic E-state index is 12.1. The van der Waals surface area contributed by atoms with E-state index in [1.165, 1.54) is 12.3 Å². The van der Waals surface area contributed by atoms with Gasteiger partial charge in [-0.15, -0.1) is 0 Å². The number of ether oxygens (including phenoxy) is 2. The van der Waals surface area contributed by atoms with Crippen molar-refractivity contribution in [2.45, 2.75) is 6.54 Å². The zero-order valence-corrected chi connectivity index (χ0v) is 15.2. The van der Waals surface area contributed by atoms with Gasteiger partial charge in [0.05, 0.1) is 19.8 Å². The highest BCUT2D eigenvalue weighted by Crippen LogP contribution is 2.13. The average molecular weight is 408 g/mol. The van der Waals surface area contributed by atoms with Crippen molar-refractivity contribution < 1.29 is 18.7 Å². The Bertz CT molecular complexity index is 781. The zero-order valence-electron chi connectivity index (χ0n) is 13.6. The third-order valence-electron chi connectivity index (χ3n) is 3.86. The summed E-state index contributed by atoms with van der Waals surface area (Å²) in [5.41, 5.74) is 0.231. The summed E-state index contributed by atoms with van der Waals surface area (Å²) in [7, 11) is 0. The van der Waals surface area contributed by atoms with Gasteiger partial charge in [-0.05, 0) is 12.1 Å². The molecule has 0 aliphatic carbocycles. The lowest BCUT2D eigenvalue weighted by atomic mass is 10.1. The Morgan fingerprint density at radius 1 is 1.20 bits per heavy atom. The van der Waals surface area contributed by atoms with Gasteiger partial charge in [0.2, 0.25) is 11.2 Å². The monoisotopic (exact) mass is 407 g/mol. The normalized spacial score (nSPS) is 15.1. The summed E-state index contributed by atoms with van der Waals surface area (Å²) in [4.78, 5) is 26.4. The summed E-state index contributed by atoms with van der Waals surface area (Å²) in [6.07, 6.45) is 1.27. The van der Waals surface area contributed by atoms with E-state index in [1.807, 2.05) is 0 Å². The van der Waals surface area contributed by atoms with Crippen LogP contribution in [-0.2, 0) is 11.3 Å². The molecule has 1 fully saturated rings. The number of hydrogen-bond acceptors (Lipinski definition) is 6. The van der Waals surface area contributed by atoms with Crippen LogP contribution in [0, 0.1) is 0 Å². The molecule has 7 heteroatoms. The van der Waals surface area contributed by atoms with Crippen molar-refractivity contribution in [1.82, 2.24) is 4.90 Å². The molecular weight excluding hydrogens is 390 g/mol. The molecule has 1 aliphatic heterocycles. The van der Waals surface area contributed by atoms with E-state index in [9.17, 15) is 9.59 Å². The minimum Gasteiger partial charge on any atom is -0.478 e. The predicted molar refractivity (Wildman–Crippen MR) is 95.0 cm³/mol. The summed E-state index contributed by atoms with van der Waals surface area (Å²) in [5, 5.41) is 0. The third-order valence-corrected chi connectivity index (χ3v) is 4.39. The van der Waals surface area contributed by atoms with Crippen molar-refractivity contribution in [1.29, 1.82) is 0 Å². The average Bonchev–Trinajstić information content (AvgIpc) is 2.62. The molecule has 1 aromatic heterocycles. The van der Waals surface area contributed by atoms with Crippen molar-refractivity contribution in [3.8, 4) is 5.75 Å². The fourth-order valence-corrected chi connectivity index (χ4v) is 2.73. The van der Waals surface area contributed by atoms with Crippen molar-refractivity contribution in [3.63, 3.8) is 0 Å². The molecule has 1 aromatic carbocycles. The molecular formula is C18H18BrNO5. The Labute approximate surface area is 153 Å². The SMILES string of the molecule is O=C(COc1coc(CN2CCOCC2)cc1=O)c1ccc(Br)cc1. The smallest absolute Gasteiger partial charge is 0.227 e. The number of morpholine rings is 1. The minimum atomic E-state index is -0.293. The zero-order chi connectivity index (χ0) is 17.6. The van der Waals surface area contributed by atoms with Gasteiger partial charge >= 0.3 is 0 Å². The molecule has 25 heavy (non-hydrogen) atoms. The van der Waals surface area contributed by atoms with Gasteiger partial charge in [-0.2, -0.15) is 0 Å². The first-order chi connectivity index (χ1) is 12.1. The first-order valence-corrected chi connectivity index (χ1v) is 8.74. The lowest BCUT2D eigenvalue weighted by Gasteiger charge is -2.25. The van der Waals surface area contributed by atoms with Crippen LogP contribution >= 0.6 is 15.9 Å². The highest BCUT2D eigenvalue weighted by molar-refractivity contribution is 9.10. The number of rotatable bonds is 6. The Morgan fingerprint density at radius 2 is 1.92 bits per heavy atom. The van der Waals surface area contributed by atoms with Gasteiger partial charge in [-0.1, -0.05) is 28.1 Å². The van der Waals surface area contributed by atoms with Crippen molar-refractivity contribution in [2.75, 3.05) is 32.9 Å². The van der Waals surface area contributed by atoms with Crippen molar-refractivity contribution in [2.24, 2.45) is 0 Å². The van der Waals surface area contributed by atoms with Gasteiger partial charge in [0.25, 0.3) is 0 Å². The van der Waals surface area contributed by atoms with Crippen molar-refractivity contribution >= 4 is 21.7 Å². The van der Waals surface area contributed by atoms with Crippen LogP contribution in [0.3, 0.4) is 0 Å². The summed E-state index contributed by atoms with van der Waals surface area (Å²) in [5.74, 6) is 0.402. The molecule has 6 nitrogen and oxygen atoms in total. The molecule has 132 valence electrons. The van der Waals surface area contributed by atoms with Crippen LogP contribution in [0.5, 0.6) is 5.75 Å². The van der Waals surface area contributed by atoms with E-state index in [0.717, 1.165) is 17.6 Å². The summed E-state index contributed by atoms with van der Waals surface area (Å²) in [6.45, 7) is 3.33. The number of nitrogens with zero attached hydrogens (tertiary/aromatic N) is 1. The molecule has 3 rings (SSSR count). The van der Waals surface area contributed by atoms with Crippen LogP contribution in [-0.4, -0.2) is 43.6 Å². The van der Waals surface area contributed by atoms with Gasteiger partial charge in [0.1, 0.15) is 12.0 Å². The number of ketones is 1. The van der Waals surface area contributed by atoms with Gasteiger partial charge in [-0.25, -0.2) is 0 Å². The topological polar surface area (TPSA) is 69.0 Å². The molecule has 0 bridgehead atoms. The molecule has 1 saturated heterocycles. The second-order valence-corrected chi connectivity index (χ2v) is 6.60. The quantitative estimate of drug-likeness (QED) is 0.685. The van der Waals surface area contributed by atoms with Gasteiger partial charge < -0.3 is 13.9 Å². The number of hydrogen-bond donors (Lipinski definition) is 0. The molecule has 0 unspecified atom stereocenters. The fourth-order valence-electron chi connectivity index (χ4n) is 2.47. The van der Waals surface area contributed by atoms with Crippen molar-refractivity contribution in [3.05, 3.63) is 62.6 Å². The first-order valence-electron chi connectivity index (χ1n) is 7.95. The predicted octanol–water partition coefficient (Wildman–Crippen LogP) is 2.50. The summed E-state index contributed by atoms with van der Waals surface area (Å²) < 4.78 is 17.0. The molecule has 0 atom stereocenters. The van der Waals surface area contributed by atoms with E-state index in [0.29, 0.717) is 31.1 Å². The van der Waals surface area contributed by atoms with E-state index in [-0.39, 0.29) is 23.6 Å². The fraction of sp³-hybridized carbons (Fsp3) is 0.333. The second-order valence-electron chi connectivity index (χ2n) is 5.68. The number of carbonyl (C=O) groups excluding carboxylic acids is 1. The largest absolute Gasteiger partial charge is 0.478 e. The molecule has 0 spiro atoms. The molecule has 1 aliphatic rings. The van der Waals surface area contributed by atoms with Crippen LogP contribution in [0.1, 0.15) is 16.1 Å². The number of halogens is 1. The maximum absolute atomic E-state index is 12.1. The number of benzene rings is 1. The van der Waals surface area contributed by atoms with E-state index in [4.69, 9.17) is 13.9 Å². The van der Waals surface area contributed by atoms with Crippen LogP contribution in [0.15, 0.2) is 50.3 Å². The lowest BCUT2D eigenvalue weighted by molar-refractivity contribution is 0.0310. The van der Waals surface area contributed by atoms with E-state index < -0.39 is 0 Å². The molecule has 2 aromatic rings. The van der Waals surface area contributed by atoms with Gasteiger partial charge in [-0.3, -0.25) is 14.5 Å². The molecule has 0 radical (unpaired) electrons. The number of carbonyl (C=O) groups is 1. The molecule has 0 N–H and O–H groups in total. The highest BCUT2D eigenvalue weighted by Gasteiger charge is 2.14. The maximum Gasteiger partial charge on any atom is 0.227 e. The Kier molecular flexibility index (Phi) is 6.01. The Balaban J connectivity index is 1.58. The molecule has 0 saturated carbocycles. The summed E-state index contributed by atoms with van der Waals surface area (Å²) in [6, 6.07) is 8.37. The van der Waals surface area contributed by atoms with Gasteiger partial charge in [0.15, 0.2) is 12.4 Å². The van der Waals surface area contributed by atoms with E-state index >= 15 is 0 Å². The Hall–Kier alpha value is -1.96.